The van der Waals surface area contributed by atoms with Crippen LogP contribution in [-0.4, -0.2) is 18.2 Å². The molecule has 0 bridgehead atoms. The monoisotopic (exact) mass is 418 g/mol. The molecule has 2 heterocycles. The number of hydrogen-bond donors (Lipinski definition) is 1. The third kappa shape index (κ3) is 3.43. The summed E-state index contributed by atoms with van der Waals surface area (Å²) < 4.78 is 5.65. The van der Waals surface area contributed by atoms with Gasteiger partial charge in [-0.05, 0) is 48.7 Å². The van der Waals surface area contributed by atoms with Crippen LogP contribution in [0.2, 0.25) is 0 Å². The molecule has 1 aromatic heterocycles. The van der Waals surface area contributed by atoms with Gasteiger partial charge in [-0.15, -0.1) is 11.3 Å². The van der Waals surface area contributed by atoms with Crippen molar-refractivity contribution >= 4 is 23.0 Å². The Morgan fingerprint density at radius 1 is 1.07 bits per heavy atom. The molecular formula is C25H26N2O2S. The summed E-state index contributed by atoms with van der Waals surface area (Å²) in [6, 6.07) is 21.9. The van der Waals surface area contributed by atoms with Crippen molar-refractivity contribution in [1.82, 2.24) is 0 Å². The fraction of sp³-hybridized carbons (Fsp3) is 0.280. The molecule has 5 heteroatoms. The summed E-state index contributed by atoms with van der Waals surface area (Å²) in [5.41, 5.74) is 7.16. The van der Waals surface area contributed by atoms with Crippen LogP contribution in [-0.2, 0) is 10.3 Å². The number of ketones is 1. The van der Waals surface area contributed by atoms with Crippen LogP contribution < -0.4 is 10.5 Å². The third-order valence-corrected chi connectivity index (χ3v) is 6.73. The van der Waals surface area contributed by atoms with Crippen LogP contribution in [0.5, 0.6) is 5.75 Å². The SMILES string of the molecule is CCCC1C(=O)C(c2ccccc2)(c2ccc(-c3cccc(OCC)c3)s2)N=C1N. The van der Waals surface area contributed by atoms with E-state index in [2.05, 4.69) is 19.1 Å². The Morgan fingerprint density at radius 3 is 2.60 bits per heavy atom. The molecule has 0 saturated carbocycles. The number of nitrogens with zero attached hydrogens (tertiary/aromatic N) is 1. The number of nitrogens with two attached hydrogens (primary N) is 1. The van der Waals surface area contributed by atoms with Crippen LogP contribution in [0.3, 0.4) is 0 Å². The first-order chi connectivity index (χ1) is 14.6. The molecule has 0 radical (unpaired) electrons. The standard InChI is InChI=1S/C25H26N2O2S/c1-3-9-20-23(28)25(27-24(20)26,18-11-6-5-7-12-18)22-15-14-21(30-22)17-10-8-13-19(16-17)29-4-2/h5-8,10-16,20H,3-4,9H2,1-2H3,(H2,26,27). The van der Waals surface area contributed by atoms with Gasteiger partial charge in [-0.25, -0.2) is 4.99 Å². The van der Waals surface area contributed by atoms with Crippen LogP contribution in [0.1, 0.15) is 37.1 Å². The number of benzene rings is 2. The van der Waals surface area contributed by atoms with Crippen LogP contribution in [0.4, 0.5) is 0 Å². The van der Waals surface area contributed by atoms with E-state index >= 15 is 0 Å². The summed E-state index contributed by atoms with van der Waals surface area (Å²) in [4.78, 5) is 20.5. The van der Waals surface area contributed by atoms with Crippen LogP contribution >= 0.6 is 11.3 Å². The first-order valence-electron chi connectivity index (χ1n) is 10.4. The summed E-state index contributed by atoms with van der Waals surface area (Å²) in [5, 5.41) is 0. The molecular weight excluding hydrogens is 392 g/mol. The molecule has 2 atom stereocenters. The van der Waals surface area contributed by atoms with Gasteiger partial charge in [-0.1, -0.05) is 55.8 Å². The Bertz CT molecular complexity index is 1070. The predicted octanol–water partition coefficient (Wildman–Crippen LogP) is 5.41. The Labute approximate surface area is 181 Å². The second-order valence-electron chi connectivity index (χ2n) is 7.44. The Morgan fingerprint density at radius 2 is 1.87 bits per heavy atom. The fourth-order valence-electron chi connectivity index (χ4n) is 4.08. The van der Waals surface area contributed by atoms with Crippen LogP contribution in [0, 0.1) is 5.92 Å². The number of carbonyl (C=O) groups excluding carboxylic acids is 1. The zero-order valence-electron chi connectivity index (χ0n) is 17.3. The van der Waals surface area contributed by atoms with E-state index in [9.17, 15) is 4.79 Å². The molecule has 154 valence electrons. The molecule has 30 heavy (non-hydrogen) atoms. The number of hydrogen-bond acceptors (Lipinski definition) is 5. The van der Waals surface area contributed by atoms with E-state index in [0.717, 1.165) is 39.5 Å². The van der Waals surface area contributed by atoms with Crippen molar-refractivity contribution < 1.29 is 9.53 Å². The minimum Gasteiger partial charge on any atom is -0.494 e. The lowest BCUT2D eigenvalue weighted by Crippen LogP contribution is -2.35. The molecule has 1 aliphatic rings. The highest BCUT2D eigenvalue weighted by Gasteiger charge is 2.51. The van der Waals surface area contributed by atoms with Crippen molar-refractivity contribution in [3.63, 3.8) is 0 Å². The third-order valence-electron chi connectivity index (χ3n) is 5.49. The summed E-state index contributed by atoms with van der Waals surface area (Å²) in [7, 11) is 0. The van der Waals surface area contributed by atoms with Gasteiger partial charge in [0.05, 0.1) is 12.5 Å². The predicted molar refractivity (Wildman–Crippen MR) is 123 cm³/mol. The van der Waals surface area contributed by atoms with Crippen molar-refractivity contribution in [1.29, 1.82) is 0 Å². The van der Waals surface area contributed by atoms with E-state index in [-0.39, 0.29) is 11.7 Å². The largest absolute Gasteiger partial charge is 0.494 e. The number of thiophene rings is 1. The molecule has 4 rings (SSSR count). The van der Waals surface area contributed by atoms with Gasteiger partial charge in [-0.3, -0.25) is 4.79 Å². The van der Waals surface area contributed by atoms with Gasteiger partial charge < -0.3 is 10.5 Å². The highest BCUT2D eigenvalue weighted by molar-refractivity contribution is 7.15. The normalized spacial score (nSPS) is 20.9. The molecule has 0 fully saturated rings. The zero-order chi connectivity index (χ0) is 21.1. The molecule has 0 saturated heterocycles. The number of amidine groups is 1. The van der Waals surface area contributed by atoms with Crippen molar-refractivity contribution in [3.05, 3.63) is 77.2 Å². The van der Waals surface area contributed by atoms with Crippen LogP contribution in [0.15, 0.2) is 71.7 Å². The molecule has 0 amide bonds. The van der Waals surface area contributed by atoms with E-state index in [0.29, 0.717) is 12.4 Å². The minimum atomic E-state index is -1.06. The van der Waals surface area contributed by atoms with Gasteiger partial charge in [0.25, 0.3) is 0 Å². The Kier molecular flexibility index (Phi) is 5.73. The molecule has 1 aliphatic heterocycles. The maximum absolute atomic E-state index is 13.7. The van der Waals surface area contributed by atoms with E-state index in [1.807, 2.05) is 61.5 Å². The molecule has 0 spiro atoms. The Hall–Kier alpha value is -2.92. The number of aliphatic imine (C=N–C) groups is 1. The molecule has 2 aromatic carbocycles. The second-order valence-corrected chi connectivity index (χ2v) is 8.53. The van der Waals surface area contributed by atoms with Gasteiger partial charge in [0.1, 0.15) is 11.6 Å². The highest BCUT2D eigenvalue weighted by Crippen LogP contribution is 2.46. The quantitative estimate of drug-likeness (QED) is 0.558. The molecule has 4 nitrogen and oxygen atoms in total. The maximum Gasteiger partial charge on any atom is 0.180 e. The lowest BCUT2D eigenvalue weighted by Gasteiger charge is -2.25. The fourth-order valence-corrected chi connectivity index (χ4v) is 5.24. The first kappa shape index (κ1) is 20.4. The van der Waals surface area contributed by atoms with E-state index in [4.69, 9.17) is 15.5 Å². The van der Waals surface area contributed by atoms with Gasteiger partial charge in [0, 0.05) is 9.75 Å². The topological polar surface area (TPSA) is 64.7 Å². The summed E-state index contributed by atoms with van der Waals surface area (Å²) >= 11 is 1.59. The summed E-state index contributed by atoms with van der Waals surface area (Å²) in [6.07, 6.45) is 1.61. The van der Waals surface area contributed by atoms with Crippen molar-refractivity contribution in [3.8, 4) is 16.2 Å². The number of ether oxygens (including phenoxy) is 1. The molecule has 3 aromatic rings. The lowest BCUT2D eigenvalue weighted by molar-refractivity contribution is -0.124. The van der Waals surface area contributed by atoms with Crippen molar-refractivity contribution in [2.45, 2.75) is 32.2 Å². The molecule has 2 unspecified atom stereocenters. The first-order valence-corrected chi connectivity index (χ1v) is 11.2. The zero-order valence-corrected chi connectivity index (χ0v) is 18.1. The Balaban J connectivity index is 1.81. The average Bonchev–Trinajstić information content (AvgIpc) is 3.35. The maximum atomic E-state index is 13.7. The smallest absolute Gasteiger partial charge is 0.180 e. The number of rotatable bonds is 7. The van der Waals surface area contributed by atoms with E-state index in [1.54, 1.807) is 11.3 Å². The summed E-state index contributed by atoms with van der Waals surface area (Å²) in [6.45, 7) is 4.66. The number of Topliss-reactive ketones (excluding diaryl/α,β-unsaturated/α-hetero) is 1. The van der Waals surface area contributed by atoms with E-state index in [1.165, 1.54) is 0 Å². The average molecular weight is 419 g/mol. The van der Waals surface area contributed by atoms with Crippen molar-refractivity contribution in [2.75, 3.05) is 6.61 Å². The number of carbonyl (C=O) groups is 1. The lowest BCUT2D eigenvalue weighted by atomic mass is 9.81. The van der Waals surface area contributed by atoms with Gasteiger partial charge in [0.2, 0.25) is 0 Å². The van der Waals surface area contributed by atoms with Gasteiger partial charge >= 0.3 is 0 Å². The molecule has 2 N–H and O–H groups in total. The molecule has 0 aliphatic carbocycles. The van der Waals surface area contributed by atoms with E-state index < -0.39 is 5.54 Å². The highest BCUT2D eigenvalue weighted by atomic mass is 32.1. The van der Waals surface area contributed by atoms with Gasteiger partial charge in [0.15, 0.2) is 11.3 Å². The minimum absolute atomic E-state index is 0.0736. The summed E-state index contributed by atoms with van der Waals surface area (Å²) in [5.74, 6) is 1.02. The van der Waals surface area contributed by atoms with Crippen LogP contribution in [0.25, 0.3) is 10.4 Å². The van der Waals surface area contributed by atoms with Crippen molar-refractivity contribution in [2.24, 2.45) is 16.6 Å². The van der Waals surface area contributed by atoms with Gasteiger partial charge in [-0.2, -0.15) is 0 Å². The second kappa shape index (κ2) is 8.44.